The summed E-state index contributed by atoms with van der Waals surface area (Å²) in [6.07, 6.45) is 0. The molecule has 108 valence electrons. The highest BCUT2D eigenvalue weighted by Gasteiger charge is 2.22. The Labute approximate surface area is 122 Å². The summed E-state index contributed by atoms with van der Waals surface area (Å²) in [4.78, 5) is 12.4. The smallest absolute Gasteiger partial charge is 0.275 e. The average molecular weight is 296 g/mol. The van der Waals surface area contributed by atoms with Gasteiger partial charge < -0.3 is 5.32 Å². The van der Waals surface area contributed by atoms with Crippen LogP contribution in [0.1, 0.15) is 34.5 Å². The van der Waals surface area contributed by atoms with Gasteiger partial charge in [-0.25, -0.2) is 0 Å². The number of anilines is 1. The lowest BCUT2D eigenvalue weighted by atomic mass is 10.3. The second kappa shape index (κ2) is 5.28. The van der Waals surface area contributed by atoms with E-state index in [1.54, 1.807) is 16.3 Å². The Balaban J connectivity index is 2.38. The van der Waals surface area contributed by atoms with E-state index in [1.807, 2.05) is 27.8 Å². The number of hydrogen-bond acceptors (Lipinski definition) is 3. The number of aryl methyl sites for hydroxylation is 4. The third-order valence-electron chi connectivity index (χ3n) is 3.32. The van der Waals surface area contributed by atoms with Crippen molar-refractivity contribution in [3.05, 3.63) is 27.8 Å². The van der Waals surface area contributed by atoms with Crippen LogP contribution in [0.2, 0.25) is 5.02 Å². The van der Waals surface area contributed by atoms with Crippen molar-refractivity contribution in [3.63, 3.8) is 0 Å². The summed E-state index contributed by atoms with van der Waals surface area (Å²) < 4.78 is 3.34. The van der Waals surface area contributed by atoms with Crippen molar-refractivity contribution in [2.45, 2.75) is 34.2 Å². The van der Waals surface area contributed by atoms with E-state index in [0.717, 1.165) is 17.1 Å². The van der Waals surface area contributed by atoms with Crippen LogP contribution < -0.4 is 5.32 Å². The van der Waals surface area contributed by atoms with Crippen LogP contribution in [0.4, 0.5) is 5.69 Å². The molecule has 1 N–H and O–H groups in total. The zero-order chi connectivity index (χ0) is 15.0. The van der Waals surface area contributed by atoms with Crippen LogP contribution in [-0.4, -0.2) is 25.5 Å². The van der Waals surface area contributed by atoms with Gasteiger partial charge in [0, 0.05) is 13.6 Å². The predicted molar refractivity (Wildman–Crippen MR) is 78.3 cm³/mol. The highest BCUT2D eigenvalue weighted by Crippen LogP contribution is 2.24. The van der Waals surface area contributed by atoms with E-state index in [0.29, 0.717) is 23.0 Å². The van der Waals surface area contributed by atoms with E-state index in [1.165, 1.54) is 0 Å². The molecule has 20 heavy (non-hydrogen) atoms. The minimum Gasteiger partial charge on any atom is -0.317 e. The Bertz CT molecular complexity index is 671. The molecule has 1 amide bonds. The van der Waals surface area contributed by atoms with Crippen LogP contribution in [0.15, 0.2) is 0 Å². The fourth-order valence-electron chi connectivity index (χ4n) is 2.13. The minimum absolute atomic E-state index is 0.267. The Hall–Kier alpha value is -1.82. The number of carbonyl (C=O) groups is 1. The van der Waals surface area contributed by atoms with Crippen molar-refractivity contribution in [2.75, 3.05) is 5.32 Å². The van der Waals surface area contributed by atoms with Gasteiger partial charge in [-0.3, -0.25) is 14.2 Å². The van der Waals surface area contributed by atoms with Crippen LogP contribution >= 0.6 is 11.6 Å². The number of hydrogen-bond donors (Lipinski definition) is 1. The van der Waals surface area contributed by atoms with Gasteiger partial charge >= 0.3 is 0 Å². The van der Waals surface area contributed by atoms with Crippen molar-refractivity contribution in [1.82, 2.24) is 19.6 Å². The molecule has 0 atom stereocenters. The van der Waals surface area contributed by atoms with Crippen LogP contribution in [0, 0.1) is 20.8 Å². The van der Waals surface area contributed by atoms with E-state index in [4.69, 9.17) is 11.6 Å². The molecule has 2 heterocycles. The second-order valence-corrected chi connectivity index (χ2v) is 5.07. The summed E-state index contributed by atoms with van der Waals surface area (Å²) in [5, 5.41) is 11.8. The third kappa shape index (κ3) is 2.31. The molecule has 0 unspecified atom stereocenters. The Kier molecular flexibility index (Phi) is 3.85. The van der Waals surface area contributed by atoms with Gasteiger partial charge in [-0.2, -0.15) is 10.2 Å². The number of nitrogens with one attached hydrogen (secondary N) is 1. The normalized spacial score (nSPS) is 10.9. The number of amides is 1. The van der Waals surface area contributed by atoms with Crippen LogP contribution in [0.5, 0.6) is 0 Å². The molecule has 0 aliphatic rings. The van der Waals surface area contributed by atoms with Crippen LogP contribution in [-0.2, 0) is 13.6 Å². The van der Waals surface area contributed by atoms with Crippen molar-refractivity contribution in [3.8, 4) is 0 Å². The SMILES string of the molecule is CCn1nc(C)c(Cl)c1C(=O)Nc1c(C)nn(C)c1C. The molecule has 2 rings (SSSR count). The maximum Gasteiger partial charge on any atom is 0.275 e. The number of aromatic nitrogens is 4. The molecule has 0 aliphatic heterocycles. The number of rotatable bonds is 3. The summed E-state index contributed by atoms with van der Waals surface area (Å²) >= 11 is 6.17. The van der Waals surface area contributed by atoms with Gasteiger partial charge in [-0.1, -0.05) is 11.6 Å². The van der Waals surface area contributed by atoms with Gasteiger partial charge in [-0.05, 0) is 27.7 Å². The molecule has 6 nitrogen and oxygen atoms in total. The highest BCUT2D eigenvalue weighted by atomic mass is 35.5. The summed E-state index contributed by atoms with van der Waals surface area (Å²) in [7, 11) is 1.84. The van der Waals surface area contributed by atoms with E-state index < -0.39 is 0 Å². The van der Waals surface area contributed by atoms with Crippen LogP contribution in [0.25, 0.3) is 0 Å². The Morgan fingerprint density at radius 3 is 2.40 bits per heavy atom. The van der Waals surface area contributed by atoms with E-state index in [9.17, 15) is 4.79 Å². The molecular weight excluding hydrogens is 278 g/mol. The van der Waals surface area contributed by atoms with Gasteiger partial charge in [0.15, 0.2) is 0 Å². The second-order valence-electron chi connectivity index (χ2n) is 4.69. The van der Waals surface area contributed by atoms with Crippen molar-refractivity contribution < 1.29 is 4.79 Å². The minimum atomic E-state index is -0.267. The molecule has 0 fully saturated rings. The van der Waals surface area contributed by atoms with E-state index in [2.05, 4.69) is 15.5 Å². The zero-order valence-corrected chi connectivity index (χ0v) is 13.0. The maximum atomic E-state index is 12.4. The van der Waals surface area contributed by atoms with Gasteiger partial charge in [0.2, 0.25) is 0 Å². The highest BCUT2D eigenvalue weighted by molar-refractivity contribution is 6.34. The lowest BCUT2D eigenvalue weighted by Gasteiger charge is -2.07. The largest absolute Gasteiger partial charge is 0.317 e. The van der Waals surface area contributed by atoms with Gasteiger partial charge in [0.1, 0.15) is 5.69 Å². The molecule has 2 aromatic heterocycles. The van der Waals surface area contributed by atoms with E-state index in [-0.39, 0.29) is 5.91 Å². The standard InChI is InChI=1S/C13H18ClN5O/c1-6-19-12(10(14)7(2)17-19)13(20)15-11-8(3)16-18(5)9(11)4/h6H2,1-5H3,(H,15,20). The summed E-state index contributed by atoms with van der Waals surface area (Å²) in [5.41, 5.74) is 3.42. The van der Waals surface area contributed by atoms with Crippen molar-refractivity contribution in [1.29, 1.82) is 0 Å². The fraction of sp³-hybridized carbons (Fsp3) is 0.462. The third-order valence-corrected chi connectivity index (χ3v) is 3.77. The maximum absolute atomic E-state index is 12.4. The first-order valence-corrected chi connectivity index (χ1v) is 6.79. The monoisotopic (exact) mass is 295 g/mol. The molecule has 7 heteroatoms. The first-order valence-electron chi connectivity index (χ1n) is 6.41. The van der Waals surface area contributed by atoms with Gasteiger partial charge in [-0.15, -0.1) is 0 Å². The summed E-state index contributed by atoms with van der Waals surface area (Å²) in [5.74, 6) is -0.267. The Morgan fingerprint density at radius 2 is 1.90 bits per heavy atom. The lowest BCUT2D eigenvalue weighted by molar-refractivity contribution is 0.101. The first-order chi connectivity index (χ1) is 9.36. The molecular formula is C13H18ClN5O. The quantitative estimate of drug-likeness (QED) is 0.946. The van der Waals surface area contributed by atoms with Gasteiger partial charge in [0.05, 0.1) is 27.8 Å². The van der Waals surface area contributed by atoms with E-state index >= 15 is 0 Å². The molecule has 2 aromatic rings. The topological polar surface area (TPSA) is 64.7 Å². The molecule has 0 aliphatic carbocycles. The number of nitrogens with zero attached hydrogens (tertiary/aromatic N) is 4. The lowest BCUT2D eigenvalue weighted by Crippen LogP contribution is -2.18. The summed E-state index contributed by atoms with van der Waals surface area (Å²) in [6.45, 7) is 8.04. The fourth-order valence-corrected chi connectivity index (χ4v) is 2.35. The zero-order valence-electron chi connectivity index (χ0n) is 12.3. The average Bonchev–Trinajstić information content (AvgIpc) is 2.81. The number of carbonyl (C=O) groups excluding carboxylic acids is 1. The predicted octanol–water partition coefficient (Wildman–Crippen LogP) is 2.47. The number of halogens is 1. The molecule has 0 spiro atoms. The van der Waals surface area contributed by atoms with Crippen molar-refractivity contribution >= 4 is 23.2 Å². The van der Waals surface area contributed by atoms with Crippen LogP contribution in [0.3, 0.4) is 0 Å². The Morgan fingerprint density at radius 1 is 1.25 bits per heavy atom. The molecule has 0 aromatic carbocycles. The summed E-state index contributed by atoms with van der Waals surface area (Å²) in [6, 6.07) is 0. The molecule has 0 saturated heterocycles. The molecule has 0 saturated carbocycles. The first kappa shape index (κ1) is 14.6. The van der Waals surface area contributed by atoms with Crippen molar-refractivity contribution in [2.24, 2.45) is 7.05 Å². The molecule has 0 bridgehead atoms. The molecule has 0 radical (unpaired) electrons. The van der Waals surface area contributed by atoms with Gasteiger partial charge in [0.25, 0.3) is 5.91 Å².